The fourth-order valence-electron chi connectivity index (χ4n) is 2.54. The van der Waals surface area contributed by atoms with Gasteiger partial charge in [0.05, 0.1) is 5.56 Å². The van der Waals surface area contributed by atoms with Crippen LogP contribution in [0.15, 0.2) is 29.0 Å². The number of hydrogen-bond donors (Lipinski definition) is 0. The summed E-state index contributed by atoms with van der Waals surface area (Å²) in [6.07, 6.45) is -3.40. The molecule has 0 spiro atoms. The van der Waals surface area contributed by atoms with Gasteiger partial charge < -0.3 is 4.42 Å². The number of hydrogen-bond acceptors (Lipinski definition) is 5. The Bertz CT molecular complexity index is 1070. The van der Waals surface area contributed by atoms with Gasteiger partial charge in [0.25, 0.3) is 5.89 Å². The van der Waals surface area contributed by atoms with Crippen LogP contribution in [0.5, 0.6) is 0 Å². The van der Waals surface area contributed by atoms with Gasteiger partial charge in [-0.25, -0.2) is 9.97 Å². The lowest BCUT2D eigenvalue weighted by atomic mass is 10.1. The smallest absolute Gasteiger partial charge is 0.417 e. The van der Waals surface area contributed by atoms with E-state index in [0.717, 1.165) is 12.5 Å². The van der Waals surface area contributed by atoms with Gasteiger partial charge in [-0.15, -0.1) is 10.2 Å². The number of aryl methyl sites for hydroxylation is 1. The molecule has 4 rings (SSSR count). The minimum absolute atomic E-state index is 0.0473. The topological polar surface area (TPSA) is 69.1 Å². The highest BCUT2D eigenvalue weighted by Gasteiger charge is 2.34. The van der Waals surface area contributed by atoms with Gasteiger partial charge in [-0.3, -0.25) is 4.40 Å². The van der Waals surface area contributed by atoms with Crippen LogP contribution in [-0.2, 0) is 6.18 Å². The lowest BCUT2D eigenvalue weighted by Crippen LogP contribution is -2.08. The first kappa shape index (κ1) is 14.9. The second kappa shape index (κ2) is 4.91. The van der Waals surface area contributed by atoms with Crippen LogP contribution in [0, 0.1) is 6.92 Å². The maximum Gasteiger partial charge on any atom is 0.417 e. The molecule has 0 aliphatic carbocycles. The van der Waals surface area contributed by atoms with E-state index < -0.39 is 11.7 Å². The molecule has 0 fully saturated rings. The van der Waals surface area contributed by atoms with E-state index in [4.69, 9.17) is 16.0 Å². The Morgan fingerprint density at radius 3 is 2.67 bits per heavy atom. The van der Waals surface area contributed by atoms with Crippen molar-refractivity contribution in [1.29, 1.82) is 0 Å². The van der Waals surface area contributed by atoms with Gasteiger partial charge in [0.15, 0.2) is 5.69 Å². The van der Waals surface area contributed by atoms with Crippen LogP contribution in [0.3, 0.4) is 0 Å². The van der Waals surface area contributed by atoms with Crippen LogP contribution in [0.25, 0.3) is 28.3 Å². The SMILES string of the molecule is Cc1cc(C(F)(F)F)c2ccc3nc(-c4nnco4)c(Cl)n3c2n1. The lowest BCUT2D eigenvalue weighted by Gasteiger charge is -2.12. The zero-order chi connectivity index (χ0) is 17.1. The van der Waals surface area contributed by atoms with E-state index in [1.54, 1.807) is 0 Å². The van der Waals surface area contributed by atoms with Crippen molar-refractivity contribution in [1.82, 2.24) is 24.6 Å². The molecule has 0 aliphatic heterocycles. The van der Waals surface area contributed by atoms with Crippen molar-refractivity contribution in [2.24, 2.45) is 0 Å². The molecule has 10 heteroatoms. The Hall–Kier alpha value is -2.68. The van der Waals surface area contributed by atoms with Gasteiger partial charge in [-0.2, -0.15) is 13.2 Å². The Kier molecular flexibility index (Phi) is 3.04. The molecule has 0 bridgehead atoms. The number of alkyl halides is 3. The molecule has 0 unspecified atom stereocenters. The average Bonchev–Trinajstić information content (AvgIpc) is 3.13. The van der Waals surface area contributed by atoms with Gasteiger partial charge in [0, 0.05) is 11.1 Å². The molecule has 0 saturated carbocycles. The van der Waals surface area contributed by atoms with E-state index in [9.17, 15) is 13.2 Å². The van der Waals surface area contributed by atoms with Gasteiger partial charge >= 0.3 is 6.18 Å². The number of rotatable bonds is 1. The standard InChI is InChI=1S/C14H7ClF3N5O/c1-6-4-8(14(16,17)18)7-2-3-9-21-10(13-22-19-5-24-13)11(15)23(9)12(7)20-6/h2-5H,1H3. The Balaban J connectivity index is 2.13. The number of fused-ring (bicyclic) bond motifs is 3. The summed E-state index contributed by atoms with van der Waals surface area (Å²) in [7, 11) is 0. The zero-order valence-corrected chi connectivity index (χ0v) is 12.7. The second-order valence-electron chi connectivity index (χ2n) is 5.07. The van der Waals surface area contributed by atoms with Crippen molar-refractivity contribution in [3.63, 3.8) is 0 Å². The highest BCUT2D eigenvalue weighted by Crippen LogP contribution is 2.36. The third kappa shape index (κ3) is 2.12. The molecule has 0 aromatic carbocycles. The second-order valence-corrected chi connectivity index (χ2v) is 5.43. The first-order chi connectivity index (χ1) is 11.4. The third-order valence-electron chi connectivity index (χ3n) is 3.49. The summed E-state index contributed by atoms with van der Waals surface area (Å²) in [5.41, 5.74) is -0.00372. The molecule has 4 heterocycles. The summed E-state index contributed by atoms with van der Waals surface area (Å²) in [4.78, 5) is 8.45. The number of halogens is 4. The van der Waals surface area contributed by atoms with Crippen molar-refractivity contribution in [3.05, 3.63) is 41.0 Å². The minimum atomic E-state index is -4.51. The molecule has 6 nitrogen and oxygen atoms in total. The fraction of sp³-hybridized carbons (Fsp3) is 0.143. The van der Waals surface area contributed by atoms with E-state index in [1.165, 1.54) is 23.5 Å². The van der Waals surface area contributed by atoms with Crippen LogP contribution in [0.2, 0.25) is 5.15 Å². The molecule has 122 valence electrons. The van der Waals surface area contributed by atoms with Crippen molar-refractivity contribution in [2.75, 3.05) is 0 Å². The third-order valence-corrected chi connectivity index (χ3v) is 3.84. The number of nitrogens with zero attached hydrogens (tertiary/aromatic N) is 5. The highest BCUT2D eigenvalue weighted by atomic mass is 35.5. The van der Waals surface area contributed by atoms with Crippen LogP contribution >= 0.6 is 11.6 Å². The van der Waals surface area contributed by atoms with E-state index in [0.29, 0.717) is 5.65 Å². The van der Waals surface area contributed by atoms with Crippen molar-refractivity contribution >= 4 is 28.3 Å². The molecule has 0 saturated heterocycles. The van der Waals surface area contributed by atoms with Crippen LogP contribution < -0.4 is 0 Å². The van der Waals surface area contributed by atoms with Crippen LogP contribution in [0.4, 0.5) is 13.2 Å². The summed E-state index contributed by atoms with van der Waals surface area (Å²) in [5, 5.41) is 7.24. The molecule has 0 atom stereocenters. The first-order valence-electron chi connectivity index (χ1n) is 6.68. The molecule has 4 aromatic rings. The largest absolute Gasteiger partial charge is 0.422 e. The normalized spacial score (nSPS) is 12.4. The zero-order valence-electron chi connectivity index (χ0n) is 12.0. The number of aromatic nitrogens is 5. The Morgan fingerprint density at radius 2 is 2.00 bits per heavy atom. The molecule has 24 heavy (non-hydrogen) atoms. The van der Waals surface area contributed by atoms with Crippen LogP contribution in [0.1, 0.15) is 11.3 Å². The summed E-state index contributed by atoms with van der Waals surface area (Å²) >= 11 is 6.30. The molecule has 0 amide bonds. The monoisotopic (exact) mass is 353 g/mol. The van der Waals surface area contributed by atoms with E-state index in [-0.39, 0.29) is 33.5 Å². The average molecular weight is 354 g/mol. The van der Waals surface area contributed by atoms with Crippen LogP contribution in [-0.4, -0.2) is 24.6 Å². The molecular weight excluding hydrogens is 347 g/mol. The molecule has 0 aliphatic rings. The first-order valence-corrected chi connectivity index (χ1v) is 7.06. The number of imidazole rings is 1. The van der Waals surface area contributed by atoms with Gasteiger partial charge in [-0.05, 0) is 25.1 Å². The summed E-state index contributed by atoms with van der Waals surface area (Å²) in [6.45, 7) is 1.48. The molecule has 4 aromatic heterocycles. The molecule has 0 radical (unpaired) electrons. The Morgan fingerprint density at radius 1 is 1.21 bits per heavy atom. The van der Waals surface area contributed by atoms with Gasteiger partial charge in [-0.1, -0.05) is 11.6 Å². The van der Waals surface area contributed by atoms with Crippen molar-refractivity contribution in [2.45, 2.75) is 13.1 Å². The Labute approximate surface area is 136 Å². The summed E-state index contributed by atoms with van der Waals surface area (Å²) < 4.78 is 46.3. The fourth-order valence-corrected chi connectivity index (χ4v) is 2.83. The van der Waals surface area contributed by atoms with E-state index in [1.807, 2.05) is 0 Å². The van der Waals surface area contributed by atoms with Crippen molar-refractivity contribution in [3.8, 4) is 11.6 Å². The highest BCUT2D eigenvalue weighted by molar-refractivity contribution is 6.32. The van der Waals surface area contributed by atoms with E-state index in [2.05, 4.69) is 20.2 Å². The molecular formula is C14H7ClF3N5O. The van der Waals surface area contributed by atoms with E-state index >= 15 is 0 Å². The maximum absolute atomic E-state index is 13.3. The quantitative estimate of drug-likeness (QED) is 0.519. The number of pyridine rings is 2. The minimum Gasteiger partial charge on any atom is -0.422 e. The molecule has 0 N–H and O–H groups in total. The van der Waals surface area contributed by atoms with Gasteiger partial charge in [0.2, 0.25) is 6.39 Å². The summed E-state index contributed by atoms with van der Waals surface area (Å²) in [6, 6.07) is 3.75. The predicted octanol–water partition coefficient (Wildman–Crippen LogP) is 3.91. The predicted molar refractivity (Wildman–Crippen MR) is 78.5 cm³/mol. The summed E-state index contributed by atoms with van der Waals surface area (Å²) in [5.74, 6) is 0.0700. The lowest BCUT2D eigenvalue weighted by molar-refractivity contribution is -0.136. The maximum atomic E-state index is 13.3. The van der Waals surface area contributed by atoms with Gasteiger partial charge in [0.1, 0.15) is 16.4 Å². The van der Waals surface area contributed by atoms with Crippen molar-refractivity contribution < 1.29 is 17.6 Å².